The number of aliphatic hydroxyl groups excluding tert-OH is 1. The molecule has 58 valence electrons. The number of hydrogen-bond donors (Lipinski definition) is 1. The first-order chi connectivity index (χ1) is 4.81. The fourth-order valence-electron chi connectivity index (χ4n) is 0.811. The molecule has 0 aliphatic carbocycles. The van der Waals surface area contributed by atoms with Crippen molar-refractivity contribution in [3.05, 3.63) is 0 Å². The summed E-state index contributed by atoms with van der Waals surface area (Å²) in [4.78, 5) is 0. The molecular formula is C9H16O. The third-order valence-corrected chi connectivity index (χ3v) is 1.58. The average molecular weight is 140 g/mol. The van der Waals surface area contributed by atoms with Crippen molar-refractivity contribution < 1.29 is 5.11 Å². The van der Waals surface area contributed by atoms with Gasteiger partial charge in [0.25, 0.3) is 0 Å². The fraction of sp³-hybridized carbons (Fsp3) is 0.778. The Morgan fingerprint density at radius 3 is 2.70 bits per heavy atom. The highest BCUT2D eigenvalue weighted by atomic mass is 16.3. The van der Waals surface area contributed by atoms with Crippen molar-refractivity contribution in [2.24, 2.45) is 0 Å². The lowest BCUT2D eigenvalue weighted by Crippen LogP contribution is -2.02. The Kier molecular flexibility index (Phi) is 6.32. The molecule has 0 heterocycles. The standard InChI is InChI=1S/C9H16O/c1-3-5-6-7-8-9(10)4-2/h1,9-10H,4-8H2,2H3. The lowest BCUT2D eigenvalue weighted by atomic mass is 10.1. The van der Waals surface area contributed by atoms with Crippen molar-refractivity contribution in [2.75, 3.05) is 0 Å². The van der Waals surface area contributed by atoms with Crippen molar-refractivity contribution in [3.63, 3.8) is 0 Å². The van der Waals surface area contributed by atoms with Crippen molar-refractivity contribution >= 4 is 0 Å². The number of unbranched alkanes of at least 4 members (excludes halogenated alkanes) is 2. The lowest BCUT2D eigenvalue weighted by molar-refractivity contribution is 0.157. The van der Waals surface area contributed by atoms with Gasteiger partial charge in [-0.2, -0.15) is 0 Å². The van der Waals surface area contributed by atoms with E-state index in [1.807, 2.05) is 6.92 Å². The van der Waals surface area contributed by atoms with Crippen LogP contribution in [0.5, 0.6) is 0 Å². The molecule has 0 aromatic rings. The van der Waals surface area contributed by atoms with Gasteiger partial charge in [0.15, 0.2) is 0 Å². The second-order valence-electron chi connectivity index (χ2n) is 2.51. The SMILES string of the molecule is C#CCCCCC(O)CC. The molecule has 0 aliphatic heterocycles. The predicted molar refractivity (Wildman–Crippen MR) is 43.6 cm³/mol. The minimum atomic E-state index is -0.113. The van der Waals surface area contributed by atoms with Crippen LogP contribution in [0.25, 0.3) is 0 Å². The lowest BCUT2D eigenvalue weighted by Gasteiger charge is -2.04. The fourth-order valence-corrected chi connectivity index (χ4v) is 0.811. The van der Waals surface area contributed by atoms with Crippen LogP contribution < -0.4 is 0 Å². The zero-order chi connectivity index (χ0) is 7.82. The van der Waals surface area contributed by atoms with E-state index in [2.05, 4.69) is 5.92 Å². The molecule has 0 rings (SSSR count). The Morgan fingerprint density at radius 1 is 1.50 bits per heavy atom. The molecule has 1 heteroatoms. The second-order valence-corrected chi connectivity index (χ2v) is 2.51. The van der Waals surface area contributed by atoms with Crippen molar-refractivity contribution in [3.8, 4) is 12.3 Å². The zero-order valence-electron chi connectivity index (χ0n) is 6.64. The summed E-state index contributed by atoms with van der Waals surface area (Å²) in [5, 5.41) is 9.11. The smallest absolute Gasteiger partial charge is 0.0537 e. The van der Waals surface area contributed by atoms with Gasteiger partial charge < -0.3 is 5.11 Å². The molecule has 0 spiro atoms. The summed E-state index contributed by atoms with van der Waals surface area (Å²) >= 11 is 0. The Balaban J connectivity index is 2.98. The van der Waals surface area contributed by atoms with Gasteiger partial charge in [-0.1, -0.05) is 6.92 Å². The monoisotopic (exact) mass is 140 g/mol. The molecule has 0 aromatic heterocycles. The van der Waals surface area contributed by atoms with E-state index in [4.69, 9.17) is 11.5 Å². The van der Waals surface area contributed by atoms with Crippen molar-refractivity contribution in [1.82, 2.24) is 0 Å². The van der Waals surface area contributed by atoms with Gasteiger partial charge in [-0.15, -0.1) is 12.3 Å². The van der Waals surface area contributed by atoms with Gasteiger partial charge in [0, 0.05) is 6.42 Å². The van der Waals surface area contributed by atoms with Crippen LogP contribution in [0.2, 0.25) is 0 Å². The first kappa shape index (κ1) is 9.52. The molecule has 0 aliphatic rings. The van der Waals surface area contributed by atoms with Crippen LogP contribution in [-0.4, -0.2) is 11.2 Å². The molecule has 0 fully saturated rings. The van der Waals surface area contributed by atoms with Gasteiger partial charge in [0.05, 0.1) is 6.10 Å². The molecule has 0 aromatic carbocycles. The summed E-state index contributed by atoms with van der Waals surface area (Å²) in [5.41, 5.74) is 0. The quantitative estimate of drug-likeness (QED) is 0.457. The third kappa shape index (κ3) is 5.65. The van der Waals surface area contributed by atoms with E-state index in [1.54, 1.807) is 0 Å². The van der Waals surface area contributed by atoms with E-state index in [0.29, 0.717) is 0 Å². The molecule has 1 nitrogen and oxygen atoms in total. The largest absolute Gasteiger partial charge is 0.393 e. The summed E-state index contributed by atoms with van der Waals surface area (Å²) in [7, 11) is 0. The normalized spacial score (nSPS) is 12.5. The summed E-state index contributed by atoms with van der Waals surface area (Å²) in [6.07, 6.45) is 9.66. The molecule has 0 radical (unpaired) electrons. The first-order valence-corrected chi connectivity index (χ1v) is 3.92. The van der Waals surface area contributed by atoms with Gasteiger partial charge in [0.2, 0.25) is 0 Å². The minimum absolute atomic E-state index is 0.113. The molecular weight excluding hydrogens is 124 g/mol. The van der Waals surface area contributed by atoms with Crippen molar-refractivity contribution in [2.45, 2.75) is 45.1 Å². The average Bonchev–Trinajstić information content (AvgIpc) is 1.98. The van der Waals surface area contributed by atoms with E-state index in [-0.39, 0.29) is 6.10 Å². The maximum absolute atomic E-state index is 9.11. The van der Waals surface area contributed by atoms with Crippen LogP contribution in [0.15, 0.2) is 0 Å². The molecule has 0 saturated heterocycles. The van der Waals surface area contributed by atoms with E-state index < -0.39 is 0 Å². The molecule has 10 heavy (non-hydrogen) atoms. The predicted octanol–water partition coefficient (Wildman–Crippen LogP) is 1.95. The Bertz CT molecular complexity index is 102. The summed E-state index contributed by atoms with van der Waals surface area (Å²) in [6.45, 7) is 1.99. The number of terminal acetylenes is 1. The number of aliphatic hydroxyl groups is 1. The zero-order valence-corrected chi connectivity index (χ0v) is 6.64. The minimum Gasteiger partial charge on any atom is -0.393 e. The van der Waals surface area contributed by atoms with Crippen LogP contribution in [0.1, 0.15) is 39.0 Å². The van der Waals surface area contributed by atoms with E-state index >= 15 is 0 Å². The highest BCUT2D eigenvalue weighted by Crippen LogP contribution is 2.04. The van der Waals surface area contributed by atoms with Crippen LogP contribution >= 0.6 is 0 Å². The molecule has 1 unspecified atom stereocenters. The van der Waals surface area contributed by atoms with E-state index in [0.717, 1.165) is 32.1 Å². The summed E-state index contributed by atoms with van der Waals surface area (Å²) < 4.78 is 0. The summed E-state index contributed by atoms with van der Waals surface area (Å²) in [5.74, 6) is 2.58. The maximum Gasteiger partial charge on any atom is 0.0537 e. The maximum atomic E-state index is 9.11. The second kappa shape index (κ2) is 6.64. The van der Waals surface area contributed by atoms with Gasteiger partial charge in [-0.05, 0) is 25.7 Å². The van der Waals surface area contributed by atoms with Crippen LogP contribution in [-0.2, 0) is 0 Å². The van der Waals surface area contributed by atoms with Crippen LogP contribution in [0, 0.1) is 12.3 Å². The van der Waals surface area contributed by atoms with E-state index in [9.17, 15) is 0 Å². The van der Waals surface area contributed by atoms with Crippen LogP contribution in [0.4, 0.5) is 0 Å². The van der Waals surface area contributed by atoms with Gasteiger partial charge in [-0.25, -0.2) is 0 Å². The topological polar surface area (TPSA) is 20.2 Å². The molecule has 0 bridgehead atoms. The molecule has 0 amide bonds. The van der Waals surface area contributed by atoms with Gasteiger partial charge in [0.1, 0.15) is 0 Å². The molecule has 1 atom stereocenters. The van der Waals surface area contributed by atoms with E-state index in [1.165, 1.54) is 0 Å². The van der Waals surface area contributed by atoms with Gasteiger partial charge >= 0.3 is 0 Å². The Labute approximate surface area is 63.5 Å². The Hall–Kier alpha value is -0.480. The highest BCUT2D eigenvalue weighted by Gasteiger charge is 1.97. The van der Waals surface area contributed by atoms with Crippen molar-refractivity contribution in [1.29, 1.82) is 0 Å². The summed E-state index contributed by atoms with van der Waals surface area (Å²) in [6, 6.07) is 0. The molecule has 1 N–H and O–H groups in total. The highest BCUT2D eigenvalue weighted by molar-refractivity contribution is 4.82. The first-order valence-electron chi connectivity index (χ1n) is 3.92. The van der Waals surface area contributed by atoms with Crippen LogP contribution in [0.3, 0.4) is 0 Å². The number of hydrogen-bond acceptors (Lipinski definition) is 1. The third-order valence-electron chi connectivity index (χ3n) is 1.58. The number of rotatable bonds is 5. The Morgan fingerprint density at radius 2 is 2.20 bits per heavy atom. The molecule has 0 saturated carbocycles. The van der Waals surface area contributed by atoms with Gasteiger partial charge in [-0.3, -0.25) is 0 Å².